The molecule has 25 heavy (non-hydrogen) atoms. The van der Waals surface area contributed by atoms with Gasteiger partial charge in [-0.3, -0.25) is 9.63 Å². The van der Waals surface area contributed by atoms with Crippen LogP contribution in [0.5, 0.6) is 0 Å². The molecular weight excluding hydrogens is 318 g/mol. The highest BCUT2D eigenvalue weighted by Gasteiger charge is 2.36. The quantitative estimate of drug-likeness (QED) is 0.624. The van der Waals surface area contributed by atoms with Crippen LogP contribution in [-0.4, -0.2) is 28.1 Å². The molecule has 2 aromatic carbocycles. The molecule has 0 aliphatic carbocycles. The summed E-state index contributed by atoms with van der Waals surface area (Å²) in [6, 6.07) is 11.1. The van der Waals surface area contributed by atoms with Gasteiger partial charge in [-0.05, 0) is 40.5 Å². The van der Waals surface area contributed by atoms with Crippen molar-refractivity contribution in [3.05, 3.63) is 65.7 Å². The summed E-state index contributed by atoms with van der Waals surface area (Å²) in [5.74, 6) is -0.359. The van der Waals surface area contributed by atoms with Gasteiger partial charge >= 0.3 is 0 Å². The monoisotopic (exact) mass is 339 g/mol. The van der Waals surface area contributed by atoms with E-state index in [0.717, 1.165) is 16.3 Å². The van der Waals surface area contributed by atoms with E-state index in [1.165, 1.54) is 7.11 Å². The molecule has 0 spiro atoms. The molecule has 0 bridgehead atoms. The Morgan fingerprint density at radius 3 is 2.60 bits per heavy atom. The Bertz CT molecular complexity index is 890. The van der Waals surface area contributed by atoms with E-state index >= 15 is 0 Å². The van der Waals surface area contributed by atoms with Gasteiger partial charge in [-0.15, -0.1) is 0 Å². The summed E-state index contributed by atoms with van der Waals surface area (Å²) in [5.41, 5.74) is 3.07. The molecule has 0 saturated heterocycles. The third-order valence-corrected chi connectivity index (χ3v) is 4.48. The lowest BCUT2D eigenvalue weighted by atomic mass is 9.80. The average Bonchev–Trinajstić information content (AvgIpc) is 3.15. The third kappa shape index (κ3) is 3.01. The second kappa shape index (κ2) is 6.66. The normalized spacial score (nSPS) is 13.8. The second-order valence-electron chi connectivity index (χ2n) is 6.30. The first-order valence-electron chi connectivity index (χ1n) is 8.05. The van der Waals surface area contributed by atoms with E-state index in [4.69, 9.17) is 0 Å². The number of aliphatic hydroxyl groups is 1. The molecule has 6 heteroatoms. The number of rotatable bonds is 5. The summed E-state index contributed by atoms with van der Waals surface area (Å²) in [5, 5.41) is 13.2. The van der Waals surface area contributed by atoms with Crippen molar-refractivity contribution in [1.29, 1.82) is 0 Å². The smallest absolute Gasteiger partial charge is 0.274 e. The Morgan fingerprint density at radius 2 is 1.96 bits per heavy atom. The van der Waals surface area contributed by atoms with E-state index in [0.29, 0.717) is 11.3 Å². The molecule has 0 radical (unpaired) electrons. The van der Waals surface area contributed by atoms with Gasteiger partial charge in [-0.25, -0.2) is 10.5 Å². The molecule has 1 unspecified atom stereocenters. The number of fused-ring (bicyclic) bond motifs is 1. The van der Waals surface area contributed by atoms with Gasteiger partial charge < -0.3 is 10.1 Å². The van der Waals surface area contributed by atoms with Crippen LogP contribution in [0.15, 0.2) is 48.9 Å². The number of aromatic amines is 1. The van der Waals surface area contributed by atoms with Crippen molar-refractivity contribution in [2.75, 3.05) is 7.11 Å². The van der Waals surface area contributed by atoms with Gasteiger partial charge in [0, 0.05) is 5.56 Å². The van der Waals surface area contributed by atoms with Crippen LogP contribution >= 0.6 is 0 Å². The number of H-pyrrole nitrogens is 1. The van der Waals surface area contributed by atoms with Crippen LogP contribution < -0.4 is 5.48 Å². The summed E-state index contributed by atoms with van der Waals surface area (Å²) in [7, 11) is 1.40. The zero-order valence-electron chi connectivity index (χ0n) is 14.4. The largest absolute Gasteiger partial charge is 0.379 e. The summed E-state index contributed by atoms with van der Waals surface area (Å²) in [6.07, 6.45) is 3.20. The zero-order valence-corrected chi connectivity index (χ0v) is 14.4. The van der Waals surface area contributed by atoms with E-state index in [2.05, 4.69) is 20.3 Å². The van der Waals surface area contributed by atoms with Gasteiger partial charge in [0.25, 0.3) is 5.91 Å². The number of carbonyl (C=O) groups is 1. The first kappa shape index (κ1) is 17.1. The van der Waals surface area contributed by atoms with Crippen molar-refractivity contribution in [2.45, 2.75) is 19.4 Å². The first-order valence-corrected chi connectivity index (χ1v) is 8.05. The lowest BCUT2D eigenvalue weighted by Gasteiger charge is -2.32. The van der Waals surface area contributed by atoms with Crippen molar-refractivity contribution in [3.63, 3.8) is 0 Å². The highest BCUT2D eigenvalue weighted by molar-refractivity contribution is 5.98. The van der Waals surface area contributed by atoms with Gasteiger partial charge in [0.2, 0.25) is 0 Å². The predicted molar refractivity (Wildman–Crippen MR) is 94.8 cm³/mol. The number of imidazole rings is 1. The summed E-state index contributed by atoms with van der Waals surface area (Å²) in [4.78, 5) is 23.6. The van der Waals surface area contributed by atoms with Crippen molar-refractivity contribution < 1.29 is 14.7 Å². The van der Waals surface area contributed by atoms with E-state index in [1.807, 2.05) is 38.1 Å². The van der Waals surface area contributed by atoms with Crippen molar-refractivity contribution >= 4 is 16.7 Å². The minimum atomic E-state index is -1.17. The van der Waals surface area contributed by atoms with Gasteiger partial charge in [0.15, 0.2) is 0 Å². The number of hydrogen-bond donors (Lipinski definition) is 3. The fraction of sp³-hybridized carbons (Fsp3) is 0.263. The van der Waals surface area contributed by atoms with Gasteiger partial charge in [0.05, 0.1) is 25.3 Å². The molecule has 3 rings (SSSR count). The van der Waals surface area contributed by atoms with Crippen LogP contribution in [0, 0.1) is 5.92 Å². The van der Waals surface area contributed by atoms with E-state index in [9.17, 15) is 9.90 Å². The fourth-order valence-corrected chi connectivity index (χ4v) is 3.04. The van der Waals surface area contributed by atoms with Crippen molar-refractivity contribution in [2.24, 2.45) is 5.92 Å². The molecule has 1 atom stereocenters. The first-order chi connectivity index (χ1) is 12.0. The molecular formula is C19H21N3O3. The minimum absolute atomic E-state index is 0.0582. The zero-order chi connectivity index (χ0) is 18.0. The number of amides is 1. The van der Waals surface area contributed by atoms with Crippen LogP contribution in [0.25, 0.3) is 10.8 Å². The Labute approximate surface area is 145 Å². The Kier molecular flexibility index (Phi) is 4.57. The third-order valence-electron chi connectivity index (χ3n) is 4.48. The molecule has 0 fully saturated rings. The molecule has 0 saturated carbocycles. The number of carbonyl (C=O) groups excluding carboxylic acids is 1. The number of hydroxylamine groups is 1. The topological polar surface area (TPSA) is 87.2 Å². The molecule has 3 aromatic rings. The van der Waals surface area contributed by atoms with Crippen LogP contribution in [-0.2, 0) is 10.4 Å². The molecule has 0 aliphatic heterocycles. The Morgan fingerprint density at radius 1 is 1.24 bits per heavy atom. The van der Waals surface area contributed by atoms with Crippen molar-refractivity contribution in [1.82, 2.24) is 15.4 Å². The van der Waals surface area contributed by atoms with Gasteiger partial charge in [0.1, 0.15) is 5.60 Å². The van der Waals surface area contributed by atoms with E-state index in [-0.39, 0.29) is 11.8 Å². The highest BCUT2D eigenvalue weighted by atomic mass is 16.6. The fourth-order valence-electron chi connectivity index (χ4n) is 3.04. The molecule has 1 amide bonds. The van der Waals surface area contributed by atoms with Crippen molar-refractivity contribution in [3.8, 4) is 0 Å². The lowest BCUT2D eigenvalue weighted by molar-refractivity contribution is 0.0280. The second-order valence-corrected chi connectivity index (χ2v) is 6.30. The average molecular weight is 339 g/mol. The maximum absolute atomic E-state index is 11.9. The molecule has 3 N–H and O–H groups in total. The van der Waals surface area contributed by atoms with E-state index < -0.39 is 5.60 Å². The number of aromatic nitrogens is 2. The minimum Gasteiger partial charge on any atom is -0.379 e. The molecule has 1 heterocycles. The highest BCUT2D eigenvalue weighted by Crippen LogP contribution is 2.36. The maximum atomic E-state index is 11.9. The SMILES string of the molecule is CONC(=O)c1ccc2cc(C(O)(c3cnc[nH]3)C(C)C)ccc2c1. The molecule has 6 nitrogen and oxygen atoms in total. The maximum Gasteiger partial charge on any atom is 0.274 e. The van der Waals surface area contributed by atoms with Crippen LogP contribution in [0.4, 0.5) is 0 Å². The van der Waals surface area contributed by atoms with Gasteiger partial charge in [-0.2, -0.15) is 0 Å². The Hall–Kier alpha value is -2.70. The Balaban J connectivity index is 2.06. The molecule has 1 aromatic heterocycles. The summed E-state index contributed by atoms with van der Waals surface area (Å²) < 4.78 is 0. The van der Waals surface area contributed by atoms with E-state index in [1.54, 1.807) is 24.7 Å². The number of hydrogen-bond acceptors (Lipinski definition) is 4. The summed E-state index contributed by atoms with van der Waals surface area (Å²) >= 11 is 0. The molecule has 0 aliphatic rings. The number of nitrogens with one attached hydrogen (secondary N) is 2. The van der Waals surface area contributed by atoms with Crippen LogP contribution in [0.1, 0.15) is 35.5 Å². The van der Waals surface area contributed by atoms with Crippen LogP contribution in [0.2, 0.25) is 0 Å². The number of nitrogens with zero attached hydrogens (tertiary/aromatic N) is 1. The van der Waals surface area contributed by atoms with Crippen LogP contribution in [0.3, 0.4) is 0 Å². The number of benzene rings is 2. The lowest BCUT2D eigenvalue weighted by Crippen LogP contribution is -2.33. The predicted octanol–water partition coefficient (Wildman–Crippen LogP) is 2.75. The molecule has 130 valence electrons. The summed E-state index contributed by atoms with van der Waals surface area (Å²) in [6.45, 7) is 3.92. The van der Waals surface area contributed by atoms with Gasteiger partial charge in [-0.1, -0.05) is 32.0 Å². The standard InChI is InChI=1S/C19H21N3O3/c1-12(2)19(24,17-10-20-11-21-17)16-7-6-13-8-15(18(23)22-25-3)5-4-14(13)9-16/h4-12,24H,1-3H3,(H,20,21)(H,22,23).